The molecule has 1 aromatic carbocycles. The Bertz CT molecular complexity index is 1180. The second kappa shape index (κ2) is 10.7. The lowest BCUT2D eigenvalue weighted by molar-refractivity contribution is 0.111. The van der Waals surface area contributed by atoms with E-state index in [2.05, 4.69) is 46.1 Å². The molecule has 6 rings (SSSR count). The van der Waals surface area contributed by atoms with Crippen molar-refractivity contribution in [3.05, 3.63) is 47.3 Å². The normalized spacial score (nSPS) is 19.6. The first kappa shape index (κ1) is 24.9. The van der Waals surface area contributed by atoms with Gasteiger partial charge < -0.3 is 15.0 Å². The lowest BCUT2D eigenvalue weighted by atomic mass is 9.71. The molecular formula is C29H39N5O2. The summed E-state index contributed by atoms with van der Waals surface area (Å²) in [5.74, 6) is 0.488. The minimum Gasteiger partial charge on any atom is -0.388 e. The zero-order chi connectivity index (χ0) is 25.1. The molecule has 0 radical (unpaired) electrons. The van der Waals surface area contributed by atoms with Crippen LogP contribution in [0.15, 0.2) is 30.3 Å². The number of ether oxygens (including phenoxy) is 1. The van der Waals surface area contributed by atoms with E-state index in [0.717, 1.165) is 54.9 Å². The molecule has 0 amide bonds. The summed E-state index contributed by atoms with van der Waals surface area (Å²) in [5, 5.41) is 9.81. The van der Waals surface area contributed by atoms with Gasteiger partial charge >= 0.3 is 0 Å². The fraction of sp³-hybridized carbons (Fsp3) is 0.552. The van der Waals surface area contributed by atoms with Gasteiger partial charge in [-0.3, -0.25) is 4.79 Å². The van der Waals surface area contributed by atoms with E-state index in [0.29, 0.717) is 17.0 Å². The average molecular weight is 490 g/mol. The summed E-state index contributed by atoms with van der Waals surface area (Å²) in [4.78, 5) is 19.2. The second-order valence-electron chi connectivity index (χ2n) is 10.8. The first-order valence-electron chi connectivity index (χ1n) is 13.4. The van der Waals surface area contributed by atoms with Gasteiger partial charge in [-0.15, -0.1) is 0 Å². The van der Waals surface area contributed by atoms with Crippen LogP contribution in [0, 0.1) is 12.3 Å². The van der Waals surface area contributed by atoms with Crippen molar-refractivity contribution in [1.82, 2.24) is 20.1 Å². The van der Waals surface area contributed by atoms with Crippen LogP contribution in [0.2, 0.25) is 0 Å². The third-order valence-electron chi connectivity index (χ3n) is 8.38. The third kappa shape index (κ3) is 4.78. The van der Waals surface area contributed by atoms with Gasteiger partial charge in [-0.1, -0.05) is 24.1 Å². The smallest absolute Gasteiger partial charge is 0.168 e. The van der Waals surface area contributed by atoms with Crippen molar-refractivity contribution in [3.63, 3.8) is 0 Å². The van der Waals surface area contributed by atoms with E-state index in [1.807, 2.05) is 10.7 Å². The Kier molecular flexibility index (Phi) is 7.39. The van der Waals surface area contributed by atoms with E-state index in [1.165, 1.54) is 56.2 Å². The highest BCUT2D eigenvalue weighted by Gasteiger charge is 2.37. The Morgan fingerprint density at radius 3 is 2.31 bits per heavy atom. The number of hydrogen-bond donors (Lipinski definition) is 1. The summed E-state index contributed by atoms with van der Waals surface area (Å²) in [6.45, 7) is 6.46. The van der Waals surface area contributed by atoms with Gasteiger partial charge in [0.2, 0.25) is 0 Å². The number of methoxy groups -OCH3 is 1. The van der Waals surface area contributed by atoms with E-state index in [1.54, 1.807) is 14.2 Å². The van der Waals surface area contributed by atoms with Gasteiger partial charge in [-0.05, 0) is 82.2 Å². The summed E-state index contributed by atoms with van der Waals surface area (Å²) in [6.07, 6.45) is 9.53. The Hall–Kier alpha value is -2.77. The van der Waals surface area contributed by atoms with Crippen molar-refractivity contribution < 1.29 is 9.53 Å². The molecule has 2 aliphatic heterocycles. The fourth-order valence-electron chi connectivity index (χ4n) is 5.96. The lowest BCUT2D eigenvalue weighted by Gasteiger charge is -2.45. The van der Waals surface area contributed by atoms with Gasteiger partial charge in [0.05, 0.1) is 22.5 Å². The first-order chi connectivity index (χ1) is 17.6. The number of hydrogen-bond acceptors (Lipinski definition) is 6. The van der Waals surface area contributed by atoms with Gasteiger partial charge in [-0.25, -0.2) is 9.67 Å². The van der Waals surface area contributed by atoms with Crippen LogP contribution >= 0.6 is 0 Å². The maximum atomic E-state index is 11.9. The number of aryl methyl sites for hydroxylation is 1. The second-order valence-corrected chi connectivity index (χ2v) is 10.8. The Labute approximate surface area is 214 Å². The summed E-state index contributed by atoms with van der Waals surface area (Å²) in [7, 11) is 3.25. The number of fused-ring (bicyclic) bond motifs is 1. The molecule has 7 heteroatoms. The first-order valence-corrected chi connectivity index (χ1v) is 13.4. The zero-order valence-electron chi connectivity index (χ0n) is 21.9. The number of carbonyl (C=O) groups excluding carboxylic acids is 1. The third-order valence-corrected chi connectivity index (χ3v) is 8.38. The molecular weight excluding hydrogens is 450 g/mol. The maximum Gasteiger partial charge on any atom is 0.168 e. The van der Waals surface area contributed by atoms with Gasteiger partial charge in [0.15, 0.2) is 11.9 Å². The van der Waals surface area contributed by atoms with Crippen LogP contribution < -0.4 is 10.2 Å². The summed E-state index contributed by atoms with van der Waals surface area (Å²) in [5.41, 5.74) is 6.35. The molecule has 3 fully saturated rings. The van der Waals surface area contributed by atoms with Crippen molar-refractivity contribution in [1.29, 1.82) is 0 Å². The maximum absolute atomic E-state index is 11.9. The number of benzene rings is 1. The Balaban J connectivity index is 0.000000848. The van der Waals surface area contributed by atoms with Crippen LogP contribution in [-0.4, -0.2) is 61.4 Å². The molecule has 1 N–H and O–H groups in total. The number of carbonyl (C=O) groups is 1. The highest BCUT2D eigenvalue weighted by atomic mass is 16.4. The summed E-state index contributed by atoms with van der Waals surface area (Å²) < 4.78 is 6.22. The molecule has 1 saturated carbocycles. The predicted molar refractivity (Wildman–Crippen MR) is 144 cm³/mol. The monoisotopic (exact) mass is 489 g/mol. The molecule has 2 aromatic heterocycles. The number of pyridine rings is 1. The van der Waals surface area contributed by atoms with Crippen molar-refractivity contribution in [2.45, 2.75) is 57.8 Å². The zero-order valence-corrected chi connectivity index (χ0v) is 21.9. The summed E-state index contributed by atoms with van der Waals surface area (Å²) >= 11 is 0. The highest BCUT2D eigenvalue weighted by molar-refractivity contribution is 5.96. The Morgan fingerprint density at radius 2 is 1.72 bits per heavy atom. The minimum atomic E-state index is 0.488. The Morgan fingerprint density at radius 1 is 1.06 bits per heavy atom. The SMILES string of the molecule is COC.Cc1ccc(-n2nc(C3CCC3)c3c(N4CCC5(CCNCC5)CC4)cc(C=O)nc32)cc1. The number of rotatable bonds is 4. The van der Waals surface area contributed by atoms with Crippen LogP contribution in [0.5, 0.6) is 0 Å². The minimum absolute atomic E-state index is 0.488. The van der Waals surface area contributed by atoms with Crippen molar-refractivity contribution in [3.8, 4) is 5.69 Å². The van der Waals surface area contributed by atoms with Crippen LogP contribution in [0.1, 0.15) is 72.6 Å². The number of piperidine rings is 2. The average Bonchev–Trinajstić information content (AvgIpc) is 3.23. The standard InChI is InChI=1S/C27H33N5O.C2H6O/c1-19-5-7-22(8-6-19)32-26-24(25(30-32)20-3-2-4-20)23(17-21(18-33)29-26)31-15-11-27(12-16-31)9-13-28-14-10-27;1-3-2/h5-8,17-18,20,28H,2-4,9-16H2,1H3;1-2H3. The summed E-state index contributed by atoms with van der Waals surface area (Å²) in [6, 6.07) is 10.4. The molecule has 1 spiro atoms. The van der Waals surface area contributed by atoms with Crippen molar-refractivity contribution in [2.24, 2.45) is 5.41 Å². The quantitative estimate of drug-likeness (QED) is 0.518. The highest BCUT2D eigenvalue weighted by Crippen LogP contribution is 2.45. The molecule has 192 valence electrons. The number of aromatic nitrogens is 3. The molecule has 2 saturated heterocycles. The van der Waals surface area contributed by atoms with E-state index < -0.39 is 0 Å². The van der Waals surface area contributed by atoms with Crippen LogP contribution in [0.25, 0.3) is 16.7 Å². The van der Waals surface area contributed by atoms with Gasteiger partial charge in [-0.2, -0.15) is 5.10 Å². The number of nitrogens with zero attached hydrogens (tertiary/aromatic N) is 4. The van der Waals surface area contributed by atoms with Gasteiger partial charge in [0.1, 0.15) is 5.69 Å². The predicted octanol–water partition coefficient (Wildman–Crippen LogP) is 5.04. The fourth-order valence-corrected chi connectivity index (χ4v) is 5.96. The van der Waals surface area contributed by atoms with E-state index in [4.69, 9.17) is 10.1 Å². The van der Waals surface area contributed by atoms with Crippen LogP contribution in [0.3, 0.4) is 0 Å². The number of anilines is 1. The molecule has 7 nitrogen and oxygen atoms in total. The molecule has 1 aliphatic carbocycles. The molecule has 4 heterocycles. The molecule has 3 aromatic rings. The lowest BCUT2D eigenvalue weighted by Crippen LogP contribution is -2.45. The van der Waals surface area contributed by atoms with Crippen LogP contribution in [-0.2, 0) is 4.74 Å². The molecule has 3 aliphatic rings. The largest absolute Gasteiger partial charge is 0.388 e. The molecule has 0 bridgehead atoms. The van der Waals surface area contributed by atoms with Gasteiger partial charge in [0.25, 0.3) is 0 Å². The van der Waals surface area contributed by atoms with Crippen LogP contribution in [0.4, 0.5) is 5.69 Å². The molecule has 0 atom stereocenters. The number of aldehydes is 1. The topological polar surface area (TPSA) is 72.3 Å². The number of nitrogens with one attached hydrogen (secondary N) is 1. The van der Waals surface area contributed by atoms with Crippen molar-refractivity contribution >= 4 is 23.0 Å². The van der Waals surface area contributed by atoms with Gasteiger partial charge in [0, 0.05) is 33.2 Å². The molecule has 0 unspecified atom stereocenters. The molecule has 36 heavy (non-hydrogen) atoms. The van der Waals surface area contributed by atoms with E-state index >= 15 is 0 Å². The van der Waals surface area contributed by atoms with E-state index in [9.17, 15) is 4.79 Å². The van der Waals surface area contributed by atoms with E-state index in [-0.39, 0.29) is 0 Å². The van der Waals surface area contributed by atoms with Crippen molar-refractivity contribution in [2.75, 3.05) is 45.3 Å².